The molecule has 1 aromatic rings. The van der Waals surface area contributed by atoms with Gasteiger partial charge in [0.05, 0.1) is 17.4 Å². The Hall–Kier alpha value is -1.69. The van der Waals surface area contributed by atoms with E-state index in [1.807, 2.05) is 13.8 Å². The van der Waals surface area contributed by atoms with Crippen LogP contribution in [0.15, 0.2) is 0 Å². The number of rotatable bonds is 4. The number of aliphatic hydroxyl groups excluding tert-OH is 1. The van der Waals surface area contributed by atoms with E-state index in [0.29, 0.717) is 24.3 Å². The highest BCUT2D eigenvalue weighted by Crippen LogP contribution is 2.27. The zero-order valence-corrected chi connectivity index (χ0v) is 13.1. The highest BCUT2D eigenvalue weighted by atomic mass is 16.3. The van der Waals surface area contributed by atoms with Crippen molar-refractivity contribution in [2.24, 2.45) is 11.7 Å². The van der Waals surface area contributed by atoms with E-state index in [9.17, 15) is 5.11 Å². The lowest BCUT2D eigenvalue weighted by atomic mass is 9.95. The Kier molecular flexibility index (Phi) is 4.77. The molecule has 2 atom stereocenters. The standard InChI is InChI=1S/C15H25N5O/c1-4-10-11(5-2)18-19-15(13(10)14(16)17)20-7-6-12(21)9(3)8-20/h9,12,21H,4-8H2,1-3H3,(H3,16,17). The van der Waals surface area contributed by atoms with Gasteiger partial charge in [-0.2, -0.15) is 5.10 Å². The molecule has 0 saturated carbocycles. The van der Waals surface area contributed by atoms with Crippen molar-refractivity contribution in [1.82, 2.24) is 10.2 Å². The van der Waals surface area contributed by atoms with Crippen molar-refractivity contribution in [1.29, 1.82) is 5.41 Å². The molecule has 0 bridgehead atoms. The maximum atomic E-state index is 9.87. The highest BCUT2D eigenvalue weighted by Gasteiger charge is 2.28. The number of nitrogens with zero attached hydrogens (tertiary/aromatic N) is 3. The van der Waals surface area contributed by atoms with Crippen molar-refractivity contribution in [2.75, 3.05) is 18.0 Å². The SMILES string of the molecule is CCc1nnc(N2CCC(O)C(C)C2)c(C(=N)N)c1CC. The van der Waals surface area contributed by atoms with Crippen molar-refractivity contribution in [3.8, 4) is 0 Å². The Morgan fingerprint density at radius 3 is 2.62 bits per heavy atom. The first-order valence-corrected chi connectivity index (χ1v) is 7.65. The summed E-state index contributed by atoms with van der Waals surface area (Å²) >= 11 is 0. The minimum atomic E-state index is -0.268. The molecular formula is C15H25N5O. The van der Waals surface area contributed by atoms with Crippen LogP contribution in [0.5, 0.6) is 0 Å². The van der Waals surface area contributed by atoms with Crippen LogP contribution in [0.1, 0.15) is 44.0 Å². The van der Waals surface area contributed by atoms with E-state index in [0.717, 1.165) is 30.6 Å². The quantitative estimate of drug-likeness (QED) is 0.570. The van der Waals surface area contributed by atoms with Crippen molar-refractivity contribution in [2.45, 2.75) is 46.1 Å². The van der Waals surface area contributed by atoms with Crippen LogP contribution < -0.4 is 10.6 Å². The number of nitrogens with one attached hydrogen (secondary N) is 1. The summed E-state index contributed by atoms with van der Waals surface area (Å²) in [6.45, 7) is 7.54. The monoisotopic (exact) mass is 291 g/mol. The minimum absolute atomic E-state index is 0.0465. The molecule has 1 aromatic heterocycles. The average Bonchev–Trinajstić information content (AvgIpc) is 2.48. The molecule has 21 heavy (non-hydrogen) atoms. The van der Waals surface area contributed by atoms with E-state index >= 15 is 0 Å². The molecule has 1 saturated heterocycles. The number of piperidine rings is 1. The predicted molar refractivity (Wildman–Crippen MR) is 83.8 cm³/mol. The van der Waals surface area contributed by atoms with Crippen LogP contribution in [-0.4, -0.2) is 40.3 Å². The largest absolute Gasteiger partial charge is 0.393 e. The minimum Gasteiger partial charge on any atom is -0.393 e. The lowest BCUT2D eigenvalue weighted by molar-refractivity contribution is 0.0968. The Morgan fingerprint density at radius 1 is 1.38 bits per heavy atom. The van der Waals surface area contributed by atoms with E-state index in [-0.39, 0.29) is 17.9 Å². The number of aromatic nitrogens is 2. The molecule has 0 amide bonds. The fourth-order valence-corrected chi connectivity index (χ4v) is 2.99. The molecule has 116 valence electrons. The summed E-state index contributed by atoms with van der Waals surface area (Å²) in [5, 5.41) is 26.5. The molecule has 1 fully saturated rings. The van der Waals surface area contributed by atoms with Crippen LogP contribution in [0, 0.1) is 11.3 Å². The molecule has 0 spiro atoms. The predicted octanol–water partition coefficient (Wildman–Crippen LogP) is 1.09. The van der Waals surface area contributed by atoms with Gasteiger partial charge in [0.25, 0.3) is 0 Å². The van der Waals surface area contributed by atoms with Crippen molar-refractivity contribution in [3.05, 3.63) is 16.8 Å². The number of hydrogen-bond acceptors (Lipinski definition) is 5. The number of nitrogens with two attached hydrogens (primary N) is 1. The summed E-state index contributed by atoms with van der Waals surface area (Å²) in [4.78, 5) is 2.10. The number of anilines is 1. The molecule has 2 unspecified atom stereocenters. The van der Waals surface area contributed by atoms with Gasteiger partial charge in [-0.25, -0.2) is 0 Å². The zero-order chi connectivity index (χ0) is 15.6. The first kappa shape index (κ1) is 15.7. The Bertz CT molecular complexity index is 531. The molecule has 6 nitrogen and oxygen atoms in total. The Labute approximate surface area is 125 Å². The molecule has 0 aliphatic carbocycles. The first-order chi connectivity index (χ1) is 9.99. The van der Waals surface area contributed by atoms with E-state index in [2.05, 4.69) is 22.0 Å². The highest BCUT2D eigenvalue weighted by molar-refractivity contribution is 6.01. The molecule has 6 heteroatoms. The first-order valence-electron chi connectivity index (χ1n) is 7.65. The van der Waals surface area contributed by atoms with Gasteiger partial charge in [0.2, 0.25) is 0 Å². The second-order valence-corrected chi connectivity index (χ2v) is 5.72. The summed E-state index contributed by atoms with van der Waals surface area (Å²) < 4.78 is 0. The van der Waals surface area contributed by atoms with Gasteiger partial charge in [0, 0.05) is 13.1 Å². The average molecular weight is 291 g/mol. The second kappa shape index (κ2) is 6.39. The molecule has 1 aliphatic rings. The van der Waals surface area contributed by atoms with Crippen LogP contribution in [0.2, 0.25) is 0 Å². The number of aryl methyl sites for hydroxylation is 1. The summed E-state index contributed by atoms with van der Waals surface area (Å²) in [6.07, 6.45) is 2.01. The van der Waals surface area contributed by atoms with Crippen molar-refractivity contribution >= 4 is 11.7 Å². The van der Waals surface area contributed by atoms with Crippen LogP contribution in [0.25, 0.3) is 0 Å². The number of hydrogen-bond donors (Lipinski definition) is 3. The van der Waals surface area contributed by atoms with E-state index < -0.39 is 0 Å². The van der Waals surface area contributed by atoms with Crippen LogP contribution in [0.3, 0.4) is 0 Å². The van der Waals surface area contributed by atoms with Gasteiger partial charge in [-0.3, -0.25) is 5.41 Å². The van der Waals surface area contributed by atoms with Gasteiger partial charge in [0.1, 0.15) is 5.84 Å². The third kappa shape index (κ3) is 3.00. The lowest BCUT2D eigenvalue weighted by Gasteiger charge is -2.36. The molecule has 2 rings (SSSR count). The van der Waals surface area contributed by atoms with Gasteiger partial charge < -0.3 is 15.7 Å². The molecule has 0 radical (unpaired) electrons. The molecule has 1 aliphatic heterocycles. The molecular weight excluding hydrogens is 266 g/mol. The summed E-state index contributed by atoms with van der Waals surface area (Å²) in [7, 11) is 0. The lowest BCUT2D eigenvalue weighted by Crippen LogP contribution is -2.43. The van der Waals surface area contributed by atoms with Gasteiger partial charge in [-0.1, -0.05) is 20.8 Å². The normalized spacial score (nSPS) is 22.4. The van der Waals surface area contributed by atoms with Crippen molar-refractivity contribution in [3.63, 3.8) is 0 Å². The van der Waals surface area contributed by atoms with Crippen LogP contribution in [-0.2, 0) is 12.8 Å². The smallest absolute Gasteiger partial charge is 0.162 e. The maximum absolute atomic E-state index is 9.87. The fourth-order valence-electron chi connectivity index (χ4n) is 2.99. The number of amidine groups is 1. The second-order valence-electron chi connectivity index (χ2n) is 5.72. The van der Waals surface area contributed by atoms with E-state index in [4.69, 9.17) is 11.1 Å². The zero-order valence-electron chi connectivity index (χ0n) is 13.1. The van der Waals surface area contributed by atoms with Gasteiger partial charge in [0.15, 0.2) is 5.82 Å². The summed E-state index contributed by atoms with van der Waals surface area (Å²) in [5.74, 6) is 0.914. The van der Waals surface area contributed by atoms with Crippen LogP contribution >= 0.6 is 0 Å². The third-order valence-corrected chi connectivity index (χ3v) is 4.26. The summed E-state index contributed by atoms with van der Waals surface area (Å²) in [5.41, 5.74) is 8.47. The Morgan fingerprint density at radius 2 is 2.10 bits per heavy atom. The van der Waals surface area contributed by atoms with Crippen molar-refractivity contribution < 1.29 is 5.11 Å². The van der Waals surface area contributed by atoms with Gasteiger partial charge in [-0.05, 0) is 30.7 Å². The van der Waals surface area contributed by atoms with Gasteiger partial charge >= 0.3 is 0 Å². The fraction of sp³-hybridized carbons (Fsp3) is 0.667. The topological polar surface area (TPSA) is 99.1 Å². The van der Waals surface area contributed by atoms with E-state index in [1.54, 1.807) is 0 Å². The molecule has 4 N–H and O–H groups in total. The number of nitrogen functional groups attached to an aromatic ring is 1. The van der Waals surface area contributed by atoms with Gasteiger partial charge in [-0.15, -0.1) is 5.10 Å². The van der Waals surface area contributed by atoms with E-state index in [1.165, 1.54) is 0 Å². The maximum Gasteiger partial charge on any atom is 0.162 e. The van der Waals surface area contributed by atoms with Crippen LogP contribution in [0.4, 0.5) is 5.82 Å². The molecule has 2 heterocycles. The Balaban J connectivity index is 2.46. The summed E-state index contributed by atoms with van der Waals surface area (Å²) in [6, 6.07) is 0. The molecule has 0 aromatic carbocycles. The third-order valence-electron chi connectivity index (χ3n) is 4.26. The number of aliphatic hydroxyl groups is 1.